The van der Waals surface area contributed by atoms with Crippen molar-refractivity contribution in [3.63, 3.8) is 0 Å². The first-order valence-corrected chi connectivity index (χ1v) is 11.2. The van der Waals surface area contributed by atoms with E-state index in [1.54, 1.807) is 23.1 Å². The average Bonchev–Trinajstić information content (AvgIpc) is 2.62. The van der Waals surface area contributed by atoms with Gasteiger partial charge in [0.2, 0.25) is 15.9 Å². The SMILES string of the molecule is CCN(CC)C(=O)c1ccc(NC(=O)C2CCCN(S(C)(=O)=O)C2)cc1Cl. The van der Waals surface area contributed by atoms with Gasteiger partial charge >= 0.3 is 0 Å². The van der Waals surface area contributed by atoms with E-state index in [4.69, 9.17) is 11.6 Å². The minimum absolute atomic E-state index is 0.154. The molecular weight excluding hydrogens is 390 g/mol. The molecule has 1 aliphatic rings. The number of hydrogen-bond acceptors (Lipinski definition) is 4. The van der Waals surface area contributed by atoms with Gasteiger partial charge in [0.05, 0.1) is 22.8 Å². The van der Waals surface area contributed by atoms with Crippen molar-refractivity contribution in [2.24, 2.45) is 5.92 Å². The third-order valence-electron chi connectivity index (χ3n) is 4.74. The summed E-state index contributed by atoms with van der Waals surface area (Å²) in [7, 11) is -3.31. The van der Waals surface area contributed by atoms with Gasteiger partial charge in [-0.3, -0.25) is 9.59 Å². The van der Waals surface area contributed by atoms with Gasteiger partial charge < -0.3 is 10.2 Å². The van der Waals surface area contributed by atoms with Crippen LogP contribution in [-0.4, -0.2) is 61.9 Å². The van der Waals surface area contributed by atoms with Crippen LogP contribution < -0.4 is 5.32 Å². The Hall–Kier alpha value is -1.64. The Labute approximate surface area is 165 Å². The predicted octanol–water partition coefficient (Wildman–Crippen LogP) is 2.43. The summed E-state index contributed by atoms with van der Waals surface area (Å²) in [6, 6.07) is 4.79. The molecule has 7 nitrogen and oxygen atoms in total. The number of piperidine rings is 1. The summed E-state index contributed by atoms with van der Waals surface area (Å²) >= 11 is 6.25. The molecule has 27 heavy (non-hydrogen) atoms. The van der Waals surface area contributed by atoms with Gasteiger partial charge in [-0.15, -0.1) is 0 Å². The van der Waals surface area contributed by atoms with Gasteiger partial charge in [-0.1, -0.05) is 11.6 Å². The first-order chi connectivity index (χ1) is 12.7. The maximum Gasteiger partial charge on any atom is 0.255 e. The number of carbonyl (C=O) groups is 2. The number of sulfonamides is 1. The zero-order valence-electron chi connectivity index (χ0n) is 15.9. The number of rotatable bonds is 6. The molecule has 1 fully saturated rings. The van der Waals surface area contributed by atoms with Crippen molar-refractivity contribution < 1.29 is 18.0 Å². The van der Waals surface area contributed by atoms with Crippen LogP contribution in [0.15, 0.2) is 18.2 Å². The second-order valence-corrected chi connectivity index (χ2v) is 9.01. The van der Waals surface area contributed by atoms with Crippen LogP contribution in [0.2, 0.25) is 5.02 Å². The van der Waals surface area contributed by atoms with E-state index in [2.05, 4.69) is 5.32 Å². The highest BCUT2D eigenvalue weighted by Gasteiger charge is 2.30. The Morgan fingerprint density at radius 2 is 1.96 bits per heavy atom. The lowest BCUT2D eigenvalue weighted by molar-refractivity contribution is -0.120. The standard InChI is InChI=1S/C18H26ClN3O4S/c1-4-21(5-2)18(24)15-9-8-14(11-16(15)19)20-17(23)13-7-6-10-22(12-13)27(3,25)26/h8-9,11,13H,4-7,10,12H2,1-3H3,(H,20,23). The Morgan fingerprint density at radius 3 is 2.52 bits per heavy atom. The molecule has 1 aromatic carbocycles. The van der Waals surface area contributed by atoms with Gasteiger partial charge in [-0.2, -0.15) is 0 Å². The molecular formula is C18H26ClN3O4S. The summed E-state index contributed by atoms with van der Waals surface area (Å²) in [6.07, 6.45) is 2.42. The molecule has 0 saturated carbocycles. The quantitative estimate of drug-likeness (QED) is 0.773. The zero-order valence-corrected chi connectivity index (χ0v) is 17.4. The highest BCUT2D eigenvalue weighted by molar-refractivity contribution is 7.88. The molecule has 1 aromatic rings. The number of benzene rings is 1. The number of halogens is 1. The number of nitrogens with one attached hydrogen (secondary N) is 1. The van der Waals surface area contributed by atoms with Gasteiger partial charge in [0.15, 0.2) is 0 Å². The van der Waals surface area contributed by atoms with Crippen LogP contribution in [0.4, 0.5) is 5.69 Å². The van der Waals surface area contributed by atoms with Gasteiger partial charge in [0, 0.05) is 31.9 Å². The Bertz CT molecular complexity index is 809. The Kier molecular flexibility index (Phi) is 7.25. The van der Waals surface area contributed by atoms with E-state index in [-0.39, 0.29) is 23.4 Å². The van der Waals surface area contributed by atoms with Gasteiger partial charge in [-0.25, -0.2) is 12.7 Å². The maximum atomic E-state index is 12.5. The summed E-state index contributed by atoms with van der Waals surface area (Å²) < 4.78 is 24.7. The summed E-state index contributed by atoms with van der Waals surface area (Å²) in [5.41, 5.74) is 0.872. The normalized spacial score (nSPS) is 18.1. The monoisotopic (exact) mass is 415 g/mol. The Morgan fingerprint density at radius 1 is 1.30 bits per heavy atom. The van der Waals surface area contributed by atoms with E-state index in [1.165, 1.54) is 4.31 Å². The van der Waals surface area contributed by atoms with Crippen molar-refractivity contribution in [1.29, 1.82) is 0 Å². The van der Waals surface area contributed by atoms with E-state index >= 15 is 0 Å². The van der Waals surface area contributed by atoms with Gasteiger partial charge in [0.25, 0.3) is 5.91 Å². The molecule has 0 aromatic heterocycles. The lowest BCUT2D eigenvalue weighted by atomic mass is 9.98. The van der Waals surface area contributed by atoms with Crippen molar-refractivity contribution in [3.8, 4) is 0 Å². The fourth-order valence-corrected chi connectivity index (χ4v) is 4.32. The van der Waals surface area contributed by atoms with Crippen LogP contribution in [0.3, 0.4) is 0 Å². The third-order valence-corrected chi connectivity index (χ3v) is 6.32. The summed E-state index contributed by atoms with van der Waals surface area (Å²) in [4.78, 5) is 26.6. The summed E-state index contributed by atoms with van der Waals surface area (Å²) in [5.74, 6) is -0.814. The fourth-order valence-electron chi connectivity index (χ4n) is 3.15. The number of hydrogen-bond donors (Lipinski definition) is 1. The van der Waals surface area contributed by atoms with Crippen molar-refractivity contribution in [2.75, 3.05) is 37.8 Å². The van der Waals surface area contributed by atoms with Crippen LogP contribution >= 0.6 is 11.6 Å². The number of nitrogens with zero attached hydrogens (tertiary/aromatic N) is 2. The molecule has 0 bridgehead atoms. The van der Waals surface area contributed by atoms with E-state index in [0.29, 0.717) is 43.7 Å². The van der Waals surface area contributed by atoms with E-state index < -0.39 is 15.9 Å². The van der Waals surface area contributed by atoms with Crippen molar-refractivity contribution in [1.82, 2.24) is 9.21 Å². The highest BCUT2D eigenvalue weighted by atomic mass is 35.5. The smallest absolute Gasteiger partial charge is 0.255 e. The lowest BCUT2D eigenvalue weighted by Crippen LogP contribution is -2.43. The number of amides is 2. The minimum Gasteiger partial charge on any atom is -0.339 e. The summed E-state index contributed by atoms with van der Waals surface area (Å²) in [6.45, 7) is 5.58. The molecule has 2 amide bonds. The second-order valence-electron chi connectivity index (χ2n) is 6.62. The number of carbonyl (C=O) groups excluding carboxylic acids is 2. The van der Waals surface area contributed by atoms with E-state index in [1.807, 2.05) is 13.8 Å². The van der Waals surface area contributed by atoms with Gasteiger partial charge in [-0.05, 0) is 44.9 Å². The summed E-state index contributed by atoms with van der Waals surface area (Å²) in [5, 5.41) is 3.05. The van der Waals surface area contributed by atoms with Crippen LogP contribution in [0.5, 0.6) is 0 Å². The molecule has 0 spiro atoms. The van der Waals surface area contributed by atoms with Crippen LogP contribution in [0.1, 0.15) is 37.0 Å². The third kappa shape index (κ3) is 5.43. The van der Waals surface area contributed by atoms with E-state index in [0.717, 1.165) is 6.26 Å². The zero-order chi connectivity index (χ0) is 20.2. The minimum atomic E-state index is -3.31. The molecule has 0 radical (unpaired) electrons. The molecule has 1 N–H and O–H groups in total. The molecule has 1 unspecified atom stereocenters. The molecule has 9 heteroatoms. The predicted molar refractivity (Wildman–Crippen MR) is 106 cm³/mol. The Balaban J connectivity index is 2.08. The second kappa shape index (κ2) is 9.03. The number of anilines is 1. The molecule has 150 valence electrons. The van der Waals surface area contributed by atoms with Crippen LogP contribution in [0.25, 0.3) is 0 Å². The molecule has 1 atom stereocenters. The molecule has 1 heterocycles. The highest BCUT2D eigenvalue weighted by Crippen LogP contribution is 2.25. The first-order valence-electron chi connectivity index (χ1n) is 9.02. The lowest BCUT2D eigenvalue weighted by Gasteiger charge is -2.30. The van der Waals surface area contributed by atoms with Gasteiger partial charge in [0.1, 0.15) is 0 Å². The van der Waals surface area contributed by atoms with Crippen molar-refractivity contribution in [2.45, 2.75) is 26.7 Å². The van der Waals surface area contributed by atoms with Crippen molar-refractivity contribution >= 4 is 39.1 Å². The molecule has 0 aliphatic carbocycles. The van der Waals surface area contributed by atoms with Crippen molar-refractivity contribution in [3.05, 3.63) is 28.8 Å². The molecule has 1 saturated heterocycles. The molecule has 1 aliphatic heterocycles. The largest absolute Gasteiger partial charge is 0.339 e. The van der Waals surface area contributed by atoms with Crippen LogP contribution in [-0.2, 0) is 14.8 Å². The molecule has 2 rings (SSSR count). The fraction of sp³-hybridized carbons (Fsp3) is 0.556. The maximum absolute atomic E-state index is 12.5. The topological polar surface area (TPSA) is 86.8 Å². The van der Waals surface area contributed by atoms with E-state index in [9.17, 15) is 18.0 Å². The van der Waals surface area contributed by atoms with Crippen LogP contribution in [0, 0.1) is 5.92 Å². The first kappa shape index (κ1) is 21.7. The average molecular weight is 416 g/mol.